The summed E-state index contributed by atoms with van der Waals surface area (Å²) in [6.07, 6.45) is 1.37. The van der Waals surface area contributed by atoms with Gasteiger partial charge in [-0.15, -0.1) is 0 Å². The minimum absolute atomic E-state index is 0.557. The van der Waals surface area contributed by atoms with Crippen LogP contribution in [0.1, 0.15) is 12.8 Å². The maximum atomic E-state index is 8.36. The zero-order valence-corrected chi connectivity index (χ0v) is 11.4. The molecule has 0 aliphatic heterocycles. The Bertz CT molecular complexity index is 339. The lowest BCUT2D eigenvalue weighted by molar-refractivity contribution is 0.572. The number of aromatic nitrogens is 2. The summed E-state index contributed by atoms with van der Waals surface area (Å²) < 4.78 is 4.39. The topological polar surface area (TPSA) is 41.6 Å². The van der Waals surface area contributed by atoms with Crippen LogP contribution in [0.4, 0.5) is 0 Å². The Hall–Kier alpha value is 0.140. The van der Waals surface area contributed by atoms with Crippen molar-refractivity contribution in [1.82, 2.24) is 9.78 Å². The second-order valence-electron chi connectivity index (χ2n) is 2.38. The fourth-order valence-corrected chi connectivity index (χ4v) is 2.22. The van der Waals surface area contributed by atoms with Gasteiger partial charge in [0.1, 0.15) is 9.21 Å². The summed E-state index contributed by atoms with van der Waals surface area (Å²) in [5, 5.41) is 12.6. The average molecular weight is 372 g/mol. The zero-order valence-electron chi connectivity index (χ0n) is 6.60. The van der Waals surface area contributed by atoms with Gasteiger partial charge < -0.3 is 0 Å². The summed E-state index contributed by atoms with van der Waals surface area (Å²) in [4.78, 5) is 0. The van der Waals surface area contributed by atoms with Crippen LogP contribution in [0.5, 0.6) is 0 Å². The van der Waals surface area contributed by atoms with E-state index >= 15 is 0 Å². The third-order valence-electron chi connectivity index (χ3n) is 1.46. The molecule has 0 aliphatic rings. The molecule has 0 aromatic carbocycles. The van der Waals surface area contributed by atoms with E-state index in [4.69, 9.17) is 5.26 Å². The summed E-state index contributed by atoms with van der Waals surface area (Å²) in [5.41, 5.74) is 0. The first-order chi connectivity index (χ1) is 6.16. The number of hydrogen-bond donors (Lipinski definition) is 0. The molecule has 1 rings (SSSR count). The van der Waals surface area contributed by atoms with Gasteiger partial charge in [-0.2, -0.15) is 10.4 Å². The Morgan fingerprint density at radius 3 is 2.54 bits per heavy atom. The highest BCUT2D eigenvalue weighted by Crippen LogP contribution is 2.30. The number of nitrogens with zero attached hydrogens (tertiary/aromatic N) is 3. The molecule has 13 heavy (non-hydrogen) atoms. The SMILES string of the molecule is N#CCCCn1nc(Br)c(Br)c1Br. The van der Waals surface area contributed by atoms with Gasteiger partial charge in [-0.3, -0.25) is 4.68 Å². The van der Waals surface area contributed by atoms with Crippen molar-refractivity contribution in [1.29, 1.82) is 5.26 Å². The summed E-state index contributed by atoms with van der Waals surface area (Å²) in [7, 11) is 0. The van der Waals surface area contributed by atoms with Gasteiger partial charge in [0.25, 0.3) is 0 Å². The highest BCUT2D eigenvalue weighted by Gasteiger charge is 2.10. The van der Waals surface area contributed by atoms with Crippen molar-refractivity contribution in [2.45, 2.75) is 19.4 Å². The van der Waals surface area contributed by atoms with E-state index in [-0.39, 0.29) is 0 Å². The molecule has 0 fully saturated rings. The van der Waals surface area contributed by atoms with E-state index in [1.54, 1.807) is 0 Å². The Morgan fingerprint density at radius 1 is 1.38 bits per heavy atom. The van der Waals surface area contributed by atoms with Gasteiger partial charge in [-0.1, -0.05) is 0 Å². The van der Waals surface area contributed by atoms with Gasteiger partial charge in [0.2, 0.25) is 0 Å². The van der Waals surface area contributed by atoms with Crippen LogP contribution in [0.2, 0.25) is 0 Å². The minimum atomic E-state index is 0.557. The smallest absolute Gasteiger partial charge is 0.143 e. The summed E-state index contributed by atoms with van der Waals surface area (Å²) in [5.74, 6) is 0. The lowest BCUT2D eigenvalue weighted by Crippen LogP contribution is -1.99. The zero-order chi connectivity index (χ0) is 9.84. The van der Waals surface area contributed by atoms with Crippen molar-refractivity contribution in [2.75, 3.05) is 0 Å². The van der Waals surface area contributed by atoms with Crippen LogP contribution in [0.25, 0.3) is 0 Å². The lowest BCUT2D eigenvalue weighted by atomic mass is 10.3. The molecule has 0 atom stereocenters. The molecular weight excluding hydrogens is 366 g/mol. The van der Waals surface area contributed by atoms with E-state index in [0.717, 1.165) is 26.6 Å². The van der Waals surface area contributed by atoms with Gasteiger partial charge in [-0.05, 0) is 54.2 Å². The summed E-state index contributed by atoms with van der Waals surface area (Å²) in [6, 6.07) is 2.10. The Kier molecular flexibility index (Phi) is 4.42. The van der Waals surface area contributed by atoms with Crippen LogP contribution in [0.3, 0.4) is 0 Å². The molecule has 0 unspecified atom stereocenters. The molecule has 0 radical (unpaired) electrons. The van der Waals surface area contributed by atoms with Crippen molar-refractivity contribution in [3.05, 3.63) is 13.7 Å². The van der Waals surface area contributed by atoms with E-state index < -0.39 is 0 Å². The van der Waals surface area contributed by atoms with Crippen molar-refractivity contribution in [3.63, 3.8) is 0 Å². The van der Waals surface area contributed by atoms with Gasteiger partial charge in [-0.25, -0.2) is 0 Å². The number of rotatable bonds is 3. The first-order valence-corrected chi connectivity index (χ1v) is 5.99. The number of halogens is 3. The normalized spacial score (nSPS) is 10.0. The van der Waals surface area contributed by atoms with E-state index in [1.807, 2.05) is 4.68 Å². The largest absolute Gasteiger partial charge is 0.256 e. The van der Waals surface area contributed by atoms with Gasteiger partial charge in [0.15, 0.2) is 0 Å². The van der Waals surface area contributed by atoms with Gasteiger partial charge in [0, 0.05) is 13.0 Å². The number of nitriles is 1. The maximum Gasteiger partial charge on any atom is 0.143 e. The van der Waals surface area contributed by atoms with Crippen molar-refractivity contribution < 1.29 is 0 Å². The molecule has 1 aromatic rings. The molecule has 3 nitrogen and oxygen atoms in total. The first-order valence-electron chi connectivity index (χ1n) is 3.61. The highest BCUT2D eigenvalue weighted by molar-refractivity contribution is 9.14. The maximum absolute atomic E-state index is 8.36. The molecule has 6 heteroatoms. The molecule has 0 aliphatic carbocycles. The third-order valence-corrected chi connectivity index (χ3v) is 4.63. The lowest BCUT2D eigenvalue weighted by Gasteiger charge is -1.99. The van der Waals surface area contributed by atoms with Crippen molar-refractivity contribution >= 4 is 47.8 Å². The quantitative estimate of drug-likeness (QED) is 0.763. The van der Waals surface area contributed by atoms with Crippen molar-refractivity contribution in [2.24, 2.45) is 0 Å². The number of hydrogen-bond acceptors (Lipinski definition) is 2. The van der Waals surface area contributed by atoms with Crippen LogP contribution < -0.4 is 0 Å². The monoisotopic (exact) mass is 369 g/mol. The van der Waals surface area contributed by atoms with Crippen LogP contribution in [-0.4, -0.2) is 9.78 Å². The molecule has 70 valence electrons. The molecular formula is C7H6Br3N3. The first kappa shape index (κ1) is 11.2. The second kappa shape index (κ2) is 5.13. The predicted molar refractivity (Wildman–Crippen MR) is 60.2 cm³/mol. The van der Waals surface area contributed by atoms with Crippen LogP contribution in [0, 0.1) is 11.3 Å². The van der Waals surface area contributed by atoms with Gasteiger partial charge in [0.05, 0.1) is 10.5 Å². The van der Waals surface area contributed by atoms with E-state index in [0.29, 0.717) is 6.42 Å². The number of aryl methyl sites for hydroxylation is 1. The molecule has 0 saturated heterocycles. The number of unbranched alkanes of at least 4 members (excludes halogenated alkanes) is 1. The van der Waals surface area contributed by atoms with Crippen molar-refractivity contribution in [3.8, 4) is 6.07 Å². The molecule has 0 N–H and O–H groups in total. The summed E-state index contributed by atoms with van der Waals surface area (Å²) >= 11 is 10.1. The molecule has 0 bridgehead atoms. The Balaban J connectivity index is 2.68. The van der Waals surface area contributed by atoms with Crippen LogP contribution in [-0.2, 0) is 6.54 Å². The Morgan fingerprint density at radius 2 is 2.08 bits per heavy atom. The molecule has 1 aromatic heterocycles. The molecule has 0 amide bonds. The summed E-state index contributed by atoms with van der Waals surface area (Å²) in [6.45, 7) is 0.748. The fraction of sp³-hybridized carbons (Fsp3) is 0.429. The average Bonchev–Trinajstić information content (AvgIpc) is 2.34. The van der Waals surface area contributed by atoms with E-state index in [1.165, 1.54) is 0 Å². The van der Waals surface area contributed by atoms with Gasteiger partial charge >= 0.3 is 0 Å². The standard InChI is InChI=1S/C7H6Br3N3/c8-5-6(9)12-13(7(5)10)4-2-1-3-11/h1-2,4H2. The van der Waals surface area contributed by atoms with E-state index in [9.17, 15) is 0 Å². The third kappa shape index (κ3) is 2.79. The minimum Gasteiger partial charge on any atom is -0.256 e. The molecule has 1 heterocycles. The second-order valence-corrected chi connectivity index (χ2v) is 4.68. The highest BCUT2D eigenvalue weighted by atomic mass is 79.9. The predicted octanol–water partition coefficient (Wildman–Crippen LogP) is 3.47. The molecule has 0 spiro atoms. The van der Waals surface area contributed by atoms with Crippen LogP contribution in [0.15, 0.2) is 13.7 Å². The Labute approximate surface area is 101 Å². The fourth-order valence-electron chi connectivity index (χ4n) is 0.848. The van der Waals surface area contributed by atoms with Crippen LogP contribution >= 0.6 is 47.8 Å². The van der Waals surface area contributed by atoms with E-state index in [2.05, 4.69) is 59.0 Å². The molecule has 0 saturated carbocycles.